The zero-order valence-corrected chi connectivity index (χ0v) is 10.8. The molecule has 3 nitrogen and oxygen atoms in total. The second-order valence-corrected chi connectivity index (χ2v) is 4.53. The number of hydrogen-bond donors (Lipinski definition) is 0. The molecule has 4 heteroatoms. The molecule has 1 heterocycles. The van der Waals surface area contributed by atoms with Gasteiger partial charge in [0.25, 0.3) is 0 Å². The summed E-state index contributed by atoms with van der Waals surface area (Å²) in [7, 11) is 0. The lowest BCUT2D eigenvalue weighted by atomic mass is 9.94. The van der Waals surface area contributed by atoms with Crippen molar-refractivity contribution in [1.29, 1.82) is 5.26 Å². The Bertz CT molecular complexity index is 545. The number of fused-ring (bicyclic) bond motifs is 1. The first kappa shape index (κ1) is 12.7. The first-order chi connectivity index (χ1) is 8.69. The molecule has 0 bridgehead atoms. The third-order valence-electron chi connectivity index (χ3n) is 2.99. The highest BCUT2D eigenvalue weighted by atomic mass is 35.5. The number of amides is 1. The van der Waals surface area contributed by atoms with E-state index in [1.807, 2.05) is 37.3 Å². The van der Waals surface area contributed by atoms with E-state index in [0.29, 0.717) is 0 Å². The molecule has 1 aromatic carbocycles. The predicted octanol–water partition coefficient (Wildman–Crippen LogP) is 3.08. The molecule has 1 aromatic rings. The van der Waals surface area contributed by atoms with E-state index in [-0.39, 0.29) is 18.2 Å². The van der Waals surface area contributed by atoms with Crippen LogP contribution >= 0.6 is 11.6 Å². The van der Waals surface area contributed by atoms with Crippen LogP contribution in [0.2, 0.25) is 0 Å². The molecule has 0 saturated heterocycles. The van der Waals surface area contributed by atoms with Crippen molar-refractivity contribution in [3.05, 3.63) is 41.1 Å². The molecule has 0 N–H and O–H groups in total. The molecule has 0 radical (unpaired) electrons. The lowest BCUT2D eigenvalue weighted by Gasteiger charge is -2.32. The number of hydrogen-bond acceptors (Lipinski definition) is 2. The molecule has 0 aromatic heterocycles. The third-order valence-corrected chi connectivity index (χ3v) is 3.18. The van der Waals surface area contributed by atoms with Crippen LogP contribution in [0.5, 0.6) is 0 Å². The number of halogens is 1. The lowest BCUT2D eigenvalue weighted by molar-refractivity contribution is -0.130. The highest BCUT2D eigenvalue weighted by Gasteiger charge is 2.30. The number of carbonyl (C=O) groups excluding carboxylic acids is 1. The van der Waals surface area contributed by atoms with Gasteiger partial charge in [0.2, 0.25) is 5.91 Å². The van der Waals surface area contributed by atoms with Crippen molar-refractivity contribution >= 4 is 23.6 Å². The largest absolute Gasteiger partial charge is 0.296 e. The smallest absolute Gasteiger partial charge is 0.229 e. The Labute approximate surface area is 111 Å². The maximum Gasteiger partial charge on any atom is 0.229 e. The van der Waals surface area contributed by atoms with Gasteiger partial charge in [0.15, 0.2) is 0 Å². The Morgan fingerprint density at radius 2 is 2.22 bits per heavy atom. The Hall–Kier alpha value is -1.79. The molecule has 92 valence electrons. The van der Waals surface area contributed by atoms with Crippen LogP contribution in [0.15, 0.2) is 30.0 Å². The summed E-state index contributed by atoms with van der Waals surface area (Å²) in [5.74, 6) is 0.155. The van der Waals surface area contributed by atoms with Crippen molar-refractivity contribution in [1.82, 2.24) is 4.90 Å². The minimum atomic E-state index is -0.554. The van der Waals surface area contributed by atoms with E-state index in [1.165, 1.54) is 4.90 Å². The summed E-state index contributed by atoms with van der Waals surface area (Å²) >= 11 is 5.60. The van der Waals surface area contributed by atoms with Gasteiger partial charge < -0.3 is 0 Å². The molecule has 2 rings (SSSR count). The van der Waals surface area contributed by atoms with Crippen LogP contribution in [0.1, 0.15) is 30.5 Å². The van der Waals surface area contributed by atoms with Crippen LogP contribution < -0.4 is 0 Å². The number of nitrogens with zero attached hydrogens (tertiary/aromatic N) is 2. The van der Waals surface area contributed by atoms with Crippen LogP contribution in [0.4, 0.5) is 0 Å². The maximum atomic E-state index is 12.0. The van der Waals surface area contributed by atoms with E-state index < -0.39 is 6.04 Å². The van der Waals surface area contributed by atoms with Crippen molar-refractivity contribution in [2.45, 2.75) is 19.4 Å². The molecule has 1 aliphatic rings. The Balaban J connectivity index is 2.46. The van der Waals surface area contributed by atoms with Gasteiger partial charge in [-0.25, -0.2) is 0 Å². The monoisotopic (exact) mass is 260 g/mol. The molecule has 1 atom stereocenters. The number of rotatable bonds is 2. The summed E-state index contributed by atoms with van der Waals surface area (Å²) < 4.78 is 0. The third kappa shape index (κ3) is 2.12. The first-order valence-corrected chi connectivity index (χ1v) is 6.27. The number of allylic oxidation sites excluding steroid dienone is 1. The molecule has 0 aliphatic carbocycles. The highest BCUT2D eigenvalue weighted by molar-refractivity contribution is 6.19. The minimum Gasteiger partial charge on any atom is -0.296 e. The Kier molecular flexibility index (Phi) is 3.69. The average molecular weight is 261 g/mol. The topological polar surface area (TPSA) is 44.1 Å². The Morgan fingerprint density at radius 1 is 1.50 bits per heavy atom. The number of alkyl halides is 1. The summed E-state index contributed by atoms with van der Waals surface area (Å²) in [5, 5.41) is 9.34. The second-order valence-electron chi connectivity index (χ2n) is 4.15. The molecule has 0 fully saturated rings. The maximum absolute atomic E-state index is 12.0. The molecule has 1 amide bonds. The zero-order valence-electron chi connectivity index (χ0n) is 10.1. The molecule has 0 saturated carbocycles. The van der Waals surface area contributed by atoms with Crippen molar-refractivity contribution in [3.63, 3.8) is 0 Å². The van der Waals surface area contributed by atoms with Gasteiger partial charge in [-0.15, -0.1) is 11.6 Å². The summed E-state index contributed by atoms with van der Waals surface area (Å²) in [4.78, 5) is 13.6. The highest BCUT2D eigenvalue weighted by Crippen LogP contribution is 2.33. The van der Waals surface area contributed by atoms with Crippen molar-refractivity contribution in [3.8, 4) is 6.07 Å². The fraction of sp³-hybridized carbons (Fsp3) is 0.286. The summed E-state index contributed by atoms with van der Waals surface area (Å²) in [5.41, 5.74) is 2.65. The normalized spacial score (nSPS) is 17.7. The van der Waals surface area contributed by atoms with Crippen molar-refractivity contribution in [2.75, 3.05) is 5.88 Å². The number of benzene rings is 1. The van der Waals surface area contributed by atoms with Gasteiger partial charge in [0, 0.05) is 18.0 Å². The van der Waals surface area contributed by atoms with E-state index in [2.05, 4.69) is 6.07 Å². The molecule has 0 spiro atoms. The average Bonchev–Trinajstić information content (AvgIpc) is 2.37. The van der Waals surface area contributed by atoms with Crippen LogP contribution in [0.25, 0.3) is 6.08 Å². The number of carbonyl (C=O) groups is 1. The second kappa shape index (κ2) is 5.24. The van der Waals surface area contributed by atoms with Crippen molar-refractivity contribution < 1.29 is 4.79 Å². The van der Waals surface area contributed by atoms with Crippen LogP contribution in [0, 0.1) is 11.3 Å². The Morgan fingerprint density at radius 3 is 2.89 bits per heavy atom. The van der Waals surface area contributed by atoms with Crippen LogP contribution in [-0.2, 0) is 4.79 Å². The molecule has 1 unspecified atom stereocenters. The predicted molar refractivity (Wildman–Crippen MR) is 70.6 cm³/mol. The summed E-state index contributed by atoms with van der Waals surface area (Å²) in [6, 6.07) is 9.28. The summed E-state index contributed by atoms with van der Waals surface area (Å²) in [6.45, 7) is 1.84. The molecular formula is C14H13ClN2O. The quantitative estimate of drug-likeness (QED) is 0.767. The van der Waals surface area contributed by atoms with Gasteiger partial charge in [-0.3, -0.25) is 9.69 Å². The number of nitriles is 1. The van der Waals surface area contributed by atoms with E-state index in [4.69, 9.17) is 11.6 Å². The zero-order chi connectivity index (χ0) is 13.1. The van der Waals surface area contributed by atoms with Crippen LogP contribution in [0.3, 0.4) is 0 Å². The van der Waals surface area contributed by atoms with E-state index in [0.717, 1.165) is 16.8 Å². The fourth-order valence-electron chi connectivity index (χ4n) is 2.20. The van der Waals surface area contributed by atoms with Gasteiger partial charge in [-0.1, -0.05) is 24.3 Å². The van der Waals surface area contributed by atoms with Gasteiger partial charge in [-0.2, -0.15) is 5.26 Å². The van der Waals surface area contributed by atoms with Gasteiger partial charge in [-0.05, 0) is 24.1 Å². The van der Waals surface area contributed by atoms with E-state index >= 15 is 0 Å². The van der Waals surface area contributed by atoms with Crippen LogP contribution in [-0.4, -0.2) is 16.7 Å². The van der Waals surface area contributed by atoms with E-state index in [9.17, 15) is 10.1 Å². The fourth-order valence-corrected chi connectivity index (χ4v) is 2.36. The van der Waals surface area contributed by atoms with E-state index in [1.54, 1.807) is 0 Å². The van der Waals surface area contributed by atoms with Gasteiger partial charge >= 0.3 is 0 Å². The molecule has 1 aliphatic heterocycles. The van der Waals surface area contributed by atoms with Gasteiger partial charge in [0.1, 0.15) is 6.04 Å². The minimum absolute atomic E-state index is 0.111. The van der Waals surface area contributed by atoms with Crippen molar-refractivity contribution in [2.24, 2.45) is 0 Å². The standard InChI is InChI=1S/C14H13ClN2O/c1-10-8-11-4-2-3-5-12(11)13(9-16)17(10)14(18)6-7-15/h2-5,8,13H,6-7H2,1H3. The first-order valence-electron chi connectivity index (χ1n) is 5.74. The van der Waals surface area contributed by atoms with Gasteiger partial charge in [0.05, 0.1) is 6.07 Å². The lowest BCUT2D eigenvalue weighted by Crippen LogP contribution is -2.35. The summed E-state index contributed by atoms with van der Waals surface area (Å²) in [6.07, 6.45) is 2.17. The SMILES string of the molecule is CC1=Cc2ccccc2C(C#N)N1C(=O)CCCl. The molecular weight excluding hydrogens is 248 g/mol. The molecule has 18 heavy (non-hydrogen) atoms.